The van der Waals surface area contributed by atoms with Gasteiger partial charge in [0.1, 0.15) is 12.4 Å². The first-order chi connectivity index (χ1) is 10.7. The second kappa shape index (κ2) is 6.88. The molecular weight excluding hydrogens is 302 g/mol. The minimum Gasteiger partial charge on any atom is -0.492 e. The summed E-state index contributed by atoms with van der Waals surface area (Å²) in [4.78, 5) is 14.8. The highest BCUT2D eigenvalue weighted by Gasteiger charge is 2.35. The molecule has 2 aliphatic rings. The molecule has 2 unspecified atom stereocenters. The highest BCUT2D eigenvalue weighted by Crippen LogP contribution is 2.32. The number of carbonyl (C=O) groups excluding carboxylic acids is 1. The Morgan fingerprint density at radius 2 is 2.32 bits per heavy atom. The molecule has 0 saturated carbocycles. The van der Waals surface area contributed by atoms with Crippen LogP contribution in [0.1, 0.15) is 31.2 Å². The number of carbonyl (C=O) groups is 1. The Kier molecular flexibility index (Phi) is 4.89. The molecule has 1 saturated heterocycles. The van der Waals surface area contributed by atoms with E-state index >= 15 is 0 Å². The fourth-order valence-corrected chi connectivity index (χ4v) is 3.70. The second-order valence-electron chi connectivity index (χ2n) is 6.16. The number of halogens is 1. The average molecular weight is 324 g/mol. The molecule has 0 radical (unpaired) electrons. The molecule has 1 amide bonds. The zero-order chi connectivity index (χ0) is 15.5. The normalized spacial score (nSPS) is 24.0. The molecule has 3 rings (SSSR count). The maximum Gasteiger partial charge on any atom is 0.229 e. The third-order valence-corrected chi connectivity index (χ3v) is 4.87. The lowest BCUT2D eigenvalue weighted by molar-refractivity contribution is -0.137. The highest BCUT2D eigenvalue weighted by atomic mass is 35.5. The molecule has 0 aliphatic carbocycles. The lowest BCUT2D eigenvalue weighted by Crippen LogP contribution is -2.43. The lowest BCUT2D eigenvalue weighted by atomic mass is 9.95. The number of aliphatic hydroxyl groups excluding tert-OH is 1. The first-order valence-corrected chi connectivity index (χ1v) is 8.39. The van der Waals surface area contributed by atoms with Crippen LogP contribution in [-0.4, -0.2) is 41.7 Å². The Morgan fingerprint density at radius 1 is 1.45 bits per heavy atom. The number of likely N-dealkylation sites (tertiary alicyclic amines) is 1. The van der Waals surface area contributed by atoms with E-state index in [0.717, 1.165) is 43.5 Å². The first-order valence-electron chi connectivity index (χ1n) is 8.01. The lowest BCUT2D eigenvalue weighted by Gasteiger charge is -2.31. The fourth-order valence-electron chi connectivity index (χ4n) is 3.51. The maximum absolute atomic E-state index is 12.8. The van der Waals surface area contributed by atoms with Crippen molar-refractivity contribution in [1.29, 1.82) is 0 Å². The molecule has 1 N–H and O–H groups in total. The van der Waals surface area contributed by atoms with Gasteiger partial charge in [0.05, 0.1) is 5.92 Å². The molecule has 5 heteroatoms. The minimum absolute atomic E-state index is 0.124. The van der Waals surface area contributed by atoms with Crippen LogP contribution in [0.15, 0.2) is 18.2 Å². The van der Waals surface area contributed by atoms with Gasteiger partial charge in [0.25, 0.3) is 0 Å². The third-order valence-electron chi connectivity index (χ3n) is 4.63. The average Bonchev–Trinajstić information content (AvgIpc) is 2.99. The maximum atomic E-state index is 12.8. The Balaban J connectivity index is 1.68. The topological polar surface area (TPSA) is 49.8 Å². The summed E-state index contributed by atoms with van der Waals surface area (Å²) < 4.78 is 5.74. The van der Waals surface area contributed by atoms with E-state index in [0.29, 0.717) is 18.1 Å². The van der Waals surface area contributed by atoms with Gasteiger partial charge in [-0.1, -0.05) is 11.6 Å². The standard InChI is InChI=1S/C17H22ClNO3/c18-14-5-6-16-12(10-14)9-13(11-22-16)17(21)19-7-1-3-15(19)4-2-8-20/h5-6,10,13,15,20H,1-4,7-9,11H2. The van der Waals surface area contributed by atoms with Gasteiger partial charge >= 0.3 is 0 Å². The van der Waals surface area contributed by atoms with Crippen LogP contribution in [0, 0.1) is 5.92 Å². The zero-order valence-corrected chi connectivity index (χ0v) is 13.4. The number of hydrogen-bond donors (Lipinski definition) is 1. The Bertz CT molecular complexity index is 549. The van der Waals surface area contributed by atoms with Crippen molar-refractivity contribution in [1.82, 2.24) is 4.90 Å². The largest absolute Gasteiger partial charge is 0.492 e. The molecule has 0 bridgehead atoms. The smallest absolute Gasteiger partial charge is 0.229 e. The molecule has 2 atom stereocenters. The van der Waals surface area contributed by atoms with E-state index in [1.54, 1.807) is 0 Å². The summed E-state index contributed by atoms with van der Waals surface area (Å²) in [6.07, 6.45) is 4.43. The molecule has 120 valence electrons. The van der Waals surface area contributed by atoms with Crippen LogP contribution in [0.4, 0.5) is 0 Å². The van der Waals surface area contributed by atoms with Crippen molar-refractivity contribution < 1.29 is 14.6 Å². The number of rotatable bonds is 4. The summed E-state index contributed by atoms with van der Waals surface area (Å²) in [5, 5.41) is 9.68. The van der Waals surface area contributed by atoms with Gasteiger partial charge in [0.2, 0.25) is 5.91 Å². The molecule has 2 heterocycles. The van der Waals surface area contributed by atoms with Gasteiger partial charge in [-0.25, -0.2) is 0 Å². The molecule has 1 aromatic rings. The first kappa shape index (κ1) is 15.6. The van der Waals surface area contributed by atoms with Crippen molar-refractivity contribution in [2.75, 3.05) is 19.8 Å². The summed E-state index contributed by atoms with van der Waals surface area (Å²) in [6.45, 7) is 1.46. The van der Waals surface area contributed by atoms with E-state index < -0.39 is 0 Å². The molecular formula is C17H22ClNO3. The van der Waals surface area contributed by atoms with E-state index in [2.05, 4.69) is 0 Å². The van der Waals surface area contributed by atoms with Gasteiger partial charge in [0, 0.05) is 24.2 Å². The predicted octanol–water partition coefficient (Wildman–Crippen LogP) is 2.65. The van der Waals surface area contributed by atoms with E-state index in [-0.39, 0.29) is 24.5 Å². The Labute approximate surface area is 136 Å². The highest BCUT2D eigenvalue weighted by molar-refractivity contribution is 6.30. The monoisotopic (exact) mass is 323 g/mol. The van der Waals surface area contributed by atoms with Crippen LogP contribution in [0.3, 0.4) is 0 Å². The van der Waals surface area contributed by atoms with Crippen LogP contribution < -0.4 is 4.74 Å². The SMILES string of the molecule is O=C(C1COc2ccc(Cl)cc2C1)N1CCCC1CCCO. The molecule has 1 fully saturated rings. The summed E-state index contributed by atoms with van der Waals surface area (Å²) in [5.41, 5.74) is 1.02. The molecule has 0 aromatic heterocycles. The van der Waals surface area contributed by atoms with Gasteiger partial charge < -0.3 is 14.7 Å². The zero-order valence-electron chi connectivity index (χ0n) is 12.6. The van der Waals surface area contributed by atoms with Crippen molar-refractivity contribution in [3.8, 4) is 5.75 Å². The van der Waals surface area contributed by atoms with Crippen LogP contribution in [0.5, 0.6) is 5.75 Å². The minimum atomic E-state index is -0.124. The molecule has 1 aromatic carbocycles. The molecule has 4 nitrogen and oxygen atoms in total. The number of nitrogens with zero attached hydrogens (tertiary/aromatic N) is 1. The van der Waals surface area contributed by atoms with Gasteiger partial charge in [-0.2, -0.15) is 0 Å². The van der Waals surface area contributed by atoms with Gasteiger partial charge in [0.15, 0.2) is 0 Å². The number of amides is 1. The number of ether oxygens (including phenoxy) is 1. The summed E-state index contributed by atoms with van der Waals surface area (Å²) in [7, 11) is 0. The van der Waals surface area contributed by atoms with E-state index in [1.165, 1.54) is 0 Å². The fraction of sp³-hybridized carbons (Fsp3) is 0.588. The number of aliphatic hydroxyl groups is 1. The van der Waals surface area contributed by atoms with Gasteiger partial charge in [-0.15, -0.1) is 0 Å². The van der Waals surface area contributed by atoms with Crippen molar-refractivity contribution in [2.24, 2.45) is 5.92 Å². The number of fused-ring (bicyclic) bond motifs is 1. The van der Waals surface area contributed by atoms with Gasteiger partial charge in [-0.3, -0.25) is 4.79 Å². The van der Waals surface area contributed by atoms with Crippen LogP contribution in [-0.2, 0) is 11.2 Å². The Morgan fingerprint density at radius 3 is 3.14 bits per heavy atom. The molecule has 0 spiro atoms. The Hall–Kier alpha value is -1.26. The summed E-state index contributed by atoms with van der Waals surface area (Å²) in [6, 6.07) is 5.86. The van der Waals surface area contributed by atoms with Gasteiger partial charge in [-0.05, 0) is 55.9 Å². The number of hydrogen-bond acceptors (Lipinski definition) is 3. The van der Waals surface area contributed by atoms with Crippen LogP contribution in [0.25, 0.3) is 0 Å². The van der Waals surface area contributed by atoms with Crippen LogP contribution in [0.2, 0.25) is 5.02 Å². The van der Waals surface area contributed by atoms with Crippen molar-refractivity contribution >= 4 is 17.5 Å². The molecule has 2 aliphatic heterocycles. The number of benzene rings is 1. The van der Waals surface area contributed by atoms with E-state index in [4.69, 9.17) is 21.4 Å². The van der Waals surface area contributed by atoms with Crippen LogP contribution >= 0.6 is 11.6 Å². The third kappa shape index (κ3) is 3.23. The molecule has 22 heavy (non-hydrogen) atoms. The summed E-state index contributed by atoms with van der Waals surface area (Å²) >= 11 is 6.04. The summed E-state index contributed by atoms with van der Waals surface area (Å²) in [5.74, 6) is 0.901. The van der Waals surface area contributed by atoms with E-state index in [1.807, 2.05) is 23.1 Å². The second-order valence-corrected chi connectivity index (χ2v) is 6.59. The van der Waals surface area contributed by atoms with Crippen molar-refractivity contribution in [3.05, 3.63) is 28.8 Å². The predicted molar refractivity (Wildman–Crippen MR) is 85.2 cm³/mol. The quantitative estimate of drug-likeness (QED) is 0.926. The van der Waals surface area contributed by atoms with Crippen molar-refractivity contribution in [3.63, 3.8) is 0 Å². The van der Waals surface area contributed by atoms with E-state index in [9.17, 15) is 4.79 Å². The van der Waals surface area contributed by atoms with Crippen molar-refractivity contribution in [2.45, 2.75) is 38.1 Å².